The number of benzene rings is 1. The van der Waals surface area contributed by atoms with Crippen molar-refractivity contribution in [3.8, 4) is 17.0 Å². The molecule has 3 rings (SSSR count). The molecule has 6 heteroatoms. The molecule has 0 saturated carbocycles. The Hall–Kier alpha value is -1.56. The fraction of sp³-hybridized carbons (Fsp3) is 0.154. The highest BCUT2D eigenvalue weighted by Gasteiger charge is 2.28. The molecule has 0 bridgehead atoms. The summed E-state index contributed by atoms with van der Waals surface area (Å²) in [6, 6.07) is 7.32. The van der Waals surface area contributed by atoms with Gasteiger partial charge in [-0.3, -0.25) is 0 Å². The summed E-state index contributed by atoms with van der Waals surface area (Å²) < 4.78 is 10.2. The van der Waals surface area contributed by atoms with Gasteiger partial charge in [-0.25, -0.2) is 4.98 Å². The molecule has 1 aliphatic heterocycles. The molecule has 2 heterocycles. The lowest BCUT2D eigenvalue weighted by molar-refractivity contribution is 0.275. The lowest BCUT2D eigenvalue weighted by Crippen LogP contribution is -2.28. The number of nitrogens with zero attached hydrogens (tertiary/aromatic N) is 1. The van der Waals surface area contributed by atoms with Crippen LogP contribution in [0.2, 0.25) is 5.02 Å². The van der Waals surface area contributed by atoms with Gasteiger partial charge < -0.3 is 14.4 Å². The van der Waals surface area contributed by atoms with E-state index in [-0.39, 0.29) is 0 Å². The van der Waals surface area contributed by atoms with E-state index < -0.39 is 7.12 Å². The Labute approximate surface area is 116 Å². The predicted octanol–water partition coefficient (Wildman–Crippen LogP) is 1.63. The second-order valence-corrected chi connectivity index (χ2v) is 4.69. The molecular weight excluding hydrogens is 264 g/mol. The summed E-state index contributed by atoms with van der Waals surface area (Å²) in [5.74, 6) is 0.546. The van der Waals surface area contributed by atoms with Crippen LogP contribution in [0.15, 0.2) is 30.5 Å². The third-order valence-electron chi connectivity index (χ3n) is 3.15. The molecule has 4 nitrogen and oxygen atoms in total. The molecule has 2 aromatic rings. The van der Waals surface area contributed by atoms with E-state index in [4.69, 9.17) is 21.0 Å². The maximum Gasteiger partial charge on any atom is 0.491 e. The molecule has 1 aromatic heterocycles. The minimum absolute atomic E-state index is 0.386. The van der Waals surface area contributed by atoms with E-state index >= 15 is 0 Å². The molecule has 96 valence electrons. The second-order valence-electron chi connectivity index (χ2n) is 4.28. The molecule has 0 spiro atoms. The topological polar surface area (TPSA) is 51.6 Å². The molecule has 19 heavy (non-hydrogen) atoms. The normalized spacial score (nSPS) is 13.5. The number of rotatable bonds is 2. The number of methoxy groups -OCH3 is 1. The Bertz CT molecular complexity index is 618. The molecule has 1 N–H and O–H groups in total. The van der Waals surface area contributed by atoms with Gasteiger partial charge in [-0.05, 0) is 23.2 Å². The van der Waals surface area contributed by atoms with Crippen LogP contribution >= 0.6 is 11.6 Å². The average molecular weight is 276 g/mol. The summed E-state index contributed by atoms with van der Waals surface area (Å²) >= 11 is 6.27. The van der Waals surface area contributed by atoms with Gasteiger partial charge >= 0.3 is 7.12 Å². The van der Waals surface area contributed by atoms with E-state index in [0.29, 0.717) is 17.5 Å². The van der Waals surface area contributed by atoms with Crippen LogP contribution in [0, 0.1) is 0 Å². The van der Waals surface area contributed by atoms with Gasteiger partial charge in [-0.15, -0.1) is 0 Å². The van der Waals surface area contributed by atoms with Crippen LogP contribution in [0.1, 0.15) is 5.56 Å². The molecular formula is C13H11BClNO3. The number of pyridine rings is 1. The Morgan fingerprint density at radius 2 is 2.26 bits per heavy atom. The van der Waals surface area contributed by atoms with E-state index in [0.717, 1.165) is 22.2 Å². The number of hydrogen-bond donors (Lipinski definition) is 1. The molecule has 1 aromatic carbocycles. The Morgan fingerprint density at radius 1 is 1.42 bits per heavy atom. The van der Waals surface area contributed by atoms with Gasteiger partial charge in [0.2, 0.25) is 5.88 Å². The van der Waals surface area contributed by atoms with Gasteiger partial charge in [0.1, 0.15) is 0 Å². The Morgan fingerprint density at radius 3 is 2.95 bits per heavy atom. The zero-order valence-electron chi connectivity index (χ0n) is 10.3. The molecule has 0 atom stereocenters. The first-order valence-corrected chi connectivity index (χ1v) is 6.19. The van der Waals surface area contributed by atoms with Crippen LogP contribution in [0.25, 0.3) is 11.1 Å². The van der Waals surface area contributed by atoms with Crippen LogP contribution in [0.5, 0.6) is 5.88 Å². The third kappa shape index (κ3) is 2.21. The molecule has 0 amide bonds. The monoisotopic (exact) mass is 275 g/mol. The summed E-state index contributed by atoms with van der Waals surface area (Å²) in [6.45, 7) is 0.386. The van der Waals surface area contributed by atoms with Crippen molar-refractivity contribution in [2.24, 2.45) is 0 Å². The number of aromatic nitrogens is 1. The predicted molar refractivity (Wildman–Crippen MR) is 73.6 cm³/mol. The molecule has 0 saturated heterocycles. The minimum Gasteiger partial charge on any atom is -0.481 e. The number of ether oxygens (including phenoxy) is 1. The summed E-state index contributed by atoms with van der Waals surface area (Å²) in [7, 11) is 0.690. The van der Waals surface area contributed by atoms with Crippen molar-refractivity contribution in [1.82, 2.24) is 4.98 Å². The van der Waals surface area contributed by atoms with Crippen molar-refractivity contribution in [2.75, 3.05) is 7.11 Å². The van der Waals surface area contributed by atoms with Crippen LogP contribution in [0.3, 0.4) is 0 Å². The van der Waals surface area contributed by atoms with E-state index in [1.54, 1.807) is 19.4 Å². The first-order valence-electron chi connectivity index (χ1n) is 5.81. The van der Waals surface area contributed by atoms with Gasteiger partial charge in [0.25, 0.3) is 0 Å². The number of fused-ring (bicyclic) bond motifs is 1. The number of halogens is 1. The third-order valence-corrected chi connectivity index (χ3v) is 3.46. The van der Waals surface area contributed by atoms with Crippen LogP contribution in [-0.2, 0) is 11.3 Å². The highest BCUT2D eigenvalue weighted by atomic mass is 35.5. The fourth-order valence-corrected chi connectivity index (χ4v) is 2.42. The van der Waals surface area contributed by atoms with Crippen molar-refractivity contribution >= 4 is 24.2 Å². The maximum atomic E-state index is 9.72. The summed E-state index contributed by atoms with van der Waals surface area (Å²) in [5, 5.41) is 10.3. The largest absolute Gasteiger partial charge is 0.491 e. The SMILES string of the molecule is COc1ccc(-c2cc3c(cc2Cl)COB3O)cn1. The zero-order chi connectivity index (χ0) is 13.4. The van der Waals surface area contributed by atoms with E-state index in [1.165, 1.54) is 0 Å². The molecule has 0 fully saturated rings. The Balaban J connectivity index is 2.06. The van der Waals surface area contributed by atoms with Crippen LogP contribution < -0.4 is 10.2 Å². The smallest absolute Gasteiger partial charge is 0.481 e. The zero-order valence-corrected chi connectivity index (χ0v) is 11.0. The quantitative estimate of drug-likeness (QED) is 0.847. The van der Waals surface area contributed by atoms with Crippen LogP contribution in [0.4, 0.5) is 0 Å². The van der Waals surface area contributed by atoms with Crippen molar-refractivity contribution in [3.63, 3.8) is 0 Å². The van der Waals surface area contributed by atoms with Gasteiger partial charge in [-0.2, -0.15) is 0 Å². The van der Waals surface area contributed by atoms with Gasteiger partial charge in [0, 0.05) is 28.4 Å². The van der Waals surface area contributed by atoms with Crippen molar-refractivity contribution < 1.29 is 14.4 Å². The second kappa shape index (κ2) is 4.85. The summed E-state index contributed by atoms with van der Waals surface area (Å²) in [4.78, 5) is 4.15. The summed E-state index contributed by atoms with van der Waals surface area (Å²) in [6.07, 6.45) is 1.69. The van der Waals surface area contributed by atoms with Gasteiger partial charge in [0.05, 0.1) is 13.7 Å². The standard InChI is InChI=1S/C13H11BClNO3/c1-18-13-3-2-8(6-16-13)10-5-11-9(4-12(10)15)7-19-14(11)17/h2-6,17H,7H2,1H3. The molecule has 0 aliphatic carbocycles. The Kier molecular flexibility index (Phi) is 3.18. The molecule has 0 radical (unpaired) electrons. The van der Waals surface area contributed by atoms with Gasteiger partial charge in [-0.1, -0.05) is 17.7 Å². The highest BCUT2D eigenvalue weighted by Crippen LogP contribution is 2.30. The van der Waals surface area contributed by atoms with Gasteiger partial charge in [0.15, 0.2) is 0 Å². The maximum absolute atomic E-state index is 9.72. The molecule has 0 unspecified atom stereocenters. The van der Waals surface area contributed by atoms with E-state index in [9.17, 15) is 5.02 Å². The highest BCUT2D eigenvalue weighted by molar-refractivity contribution is 6.61. The lowest BCUT2D eigenvalue weighted by atomic mass is 9.78. The van der Waals surface area contributed by atoms with Crippen molar-refractivity contribution in [1.29, 1.82) is 0 Å². The number of hydrogen-bond acceptors (Lipinski definition) is 4. The van der Waals surface area contributed by atoms with Crippen molar-refractivity contribution in [3.05, 3.63) is 41.0 Å². The van der Waals surface area contributed by atoms with Crippen LogP contribution in [-0.4, -0.2) is 24.2 Å². The van der Waals surface area contributed by atoms with E-state index in [1.807, 2.05) is 18.2 Å². The first kappa shape index (κ1) is 12.5. The van der Waals surface area contributed by atoms with Crippen molar-refractivity contribution in [2.45, 2.75) is 6.61 Å². The lowest BCUT2D eigenvalue weighted by Gasteiger charge is -2.08. The average Bonchev–Trinajstić information content (AvgIpc) is 2.79. The minimum atomic E-state index is -0.878. The summed E-state index contributed by atoms with van der Waals surface area (Å²) in [5.41, 5.74) is 3.37. The first-order chi connectivity index (χ1) is 9.19. The van der Waals surface area contributed by atoms with E-state index in [2.05, 4.69) is 4.98 Å². The molecule has 1 aliphatic rings. The fourth-order valence-electron chi connectivity index (χ4n) is 2.13.